The van der Waals surface area contributed by atoms with Crippen molar-refractivity contribution in [2.24, 2.45) is 0 Å². The van der Waals surface area contributed by atoms with Gasteiger partial charge in [-0.15, -0.1) is 0 Å². The van der Waals surface area contributed by atoms with Gasteiger partial charge in [-0.3, -0.25) is 4.79 Å². The van der Waals surface area contributed by atoms with E-state index in [0.717, 1.165) is 24.5 Å². The number of carbonyl (C=O) groups excluding carboxylic acids is 1. The molecule has 0 radical (unpaired) electrons. The molecule has 110 valence electrons. The fourth-order valence-corrected chi connectivity index (χ4v) is 2.29. The monoisotopic (exact) mass is 286 g/mol. The molecule has 0 aliphatic carbocycles. The Morgan fingerprint density at radius 3 is 3.19 bits per heavy atom. The van der Waals surface area contributed by atoms with Gasteiger partial charge in [-0.25, -0.2) is 4.98 Å². The summed E-state index contributed by atoms with van der Waals surface area (Å²) < 4.78 is 5.55. The maximum Gasteiger partial charge on any atom is 0.251 e. The number of ether oxygens (including phenoxy) is 1. The number of H-pyrrole nitrogens is 1. The summed E-state index contributed by atoms with van der Waals surface area (Å²) in [6.45, 7) is 2.84. The van der Waals surface area contributed by atoms with Crippen LogP contribution in [0.4, 0.5) is 0 Å². The van der Waals surface area contributed by atoms with E-state index in [4.69, 9.17) is 4.74 Å². The Labute approximate surface area is 122 Å². The summed E-state index contributed by atoms with van der Waals surface area (Å²) in [5.74, 6) is 0.655. The van der Waals surface area contributed by atoms with Crippen LogP contribution < -0.4 is 10.6 Å². The topological polar surface area (TPSA) is 79.0 Å². The van der Waals surface area contributed by atoms with E-state index in [0.29, 0.717) is 18.7 Å². The second-order valence-corrected chi connectivity index (χ2v) is 4.93. The first-order chi connectivity index (χ1) is 10.3. The lowest BCUT2D eigenvalue weighted by atomic mass is 10.1. The molecule has 0 bridgehead atoms. The molecule has 1 saturated heterocycles. The Morgan fingerprint density at radius 1 is 1.48 bits per heavy atom. The van der Waals surface area contributed by atoms with Gasteiger partial charge < -0.3 is 20.4 Å². The van der Waals surface area contributed by atoms with E-state index in [1.807, 2.05) is 18.2 Å². The van der Waals surface area contributed by atoms with Crippen LogP contribution in [-0.4, -0.2) is 48.2 Å². The number of hydrogen-bond donors (Lipinski definition) is 3. The predicted octanol–water partition coefficient (Wildman–Crippen LogP) is 0.795. The molecule has 6 nitrogen and oxygen atoms in total. The summed E-state index contributed by atoms with van der Waals surface area (Å²) in [5, 5.41) is 6.14. The highest BCUT2D eigenvalue weighted by atomic mass is 16.5. The quantitative estimate of drug-likeness (QED) is 0.776. The largest absolute Gasteiger partial charge is 0.374 e. The van der Waals surface area contributed by atoms with E-state index in [-0.39, 0.29) is 12.0 Å². The van der Waals surface area contributed by atoms with Crippen LogP contribution in [0.1, 0.15) is 10.4 Å². The second kappa shape index (κ2) is 6.51. The molecule has 1 aliphatic heterocycles. The summed E-state index contributed by atoms with van der Waals surface area (Å²) in [7, 11) is 0. The van der Waals surface area contributed by atoms with Crippen molar-refractivity contribution in [3.8, 4) is 11.4 Å². The second-order valence-electron chi connectivity index (χ2n) is 4.93. The van der Waals surface area contributed by atoms with Gasteiger partial charge in [0, 0.05) is 43.2 Å². The third kappa shape index (κ3) is 3.48. The minimum Gasteiger partial charge on any atom is -0.374 e. The van der Waals surface area contributed by atoms with Crippen LogP contribution in [-0.2, 0) is 4.74 Å². The van der Waals surface area contributed by atoms with E-state index < -0.39 is 0 Å². The minimum atomic E-state index is -0.0995. The Kier molecular flexibility index (Phi) is 4.28. The van der Waals surface area contributed by atoms with Crippen LogP contribution in [0.25, 0.3) is 11.4 Å². The number of benzene rings is 1. The van der Waals surface area contributed by atoms with Crippen molar-refractivity contribution >= 4 is 5.91 Å². The summed E-state index contributed by atoms with van der Waals surface area (Å²) >= 11 is 0. The van der Waals surface area contributed by atoms with Crippen molar-refractivity contribution in [2.45, 2.75) is 6.10 Å². The zero-order chi connectivity index (χ0) is 14.5. The van der Waals surface area contributed by atoms with E-state index >= 15 is 0 Å². The number of morpholine rings is 1. The van der Waals surface area contributed by atoms with Crippen molar-refractivity contribution in [2.75, 3.05) is 26.2 Å². The number of hydrogen-bond acceptors (Lipinski definition) is 4. The van der Waals surface area contributed by atoms with Crippen LogP contribution in [0.3, 0.4) is 0 Å². The molecule has 2 heterocycles. The van der Waals surface area contributed by atoms with E-state index in [2.05, 4.69) is 20.6 Å². The van der Waals surface area contributed by atoms with Crippen LogP contribution >= 0.6 is 0 Å². The summed E-state index contributed by atoms with van der Waals surface area (Å²) in [6.07, 6.45) is 3.49. The van der Waals surface area contributed by atoms with Crippen molar-refractivity contribution in [3.63, 3.8) is 0 Å². The number of rotatable bonds is 4. The van der Waals surface area contributed by atoms with Crippen LogP contribution in [0, 0.1) is 0 Å². The number of aromatic amines is 1. The first kappa shape index (κ1) is 13.8. The number of nitrogens with one attached hydrogen (secondary N) is 3. The zero-order valence-electron chi connectivity index (χ0n) is 11.6. The highest BCUT2D eigenvalue weighted by Crippen LogP contribution is 2.15. The van der Waals surface area contributed by atoms with Gasteiger partial charge in [0.1, 0.15) is 5.82 Å². The number of carbonyl (C=O) groups is 1. The molecule has 1 amide bonds. The van der Waals surface area contributed by atoms with Crippen molar-refractivity contribution < 1.29 is 9.53 Å². The fraction of sp³-hybridized carbons (Fsp3) is 0.333. The maximum atomic E-state index is 12.2. The normalized spacial score (nSPS) is 18.4. The number of nitrogens with zero attached hydrogens (tertiary/aromatic N) is 1. The van der Waals surface area contributed by atoms with Crippen molar-refractivity contribution in [3.05, 3.63) is 42.2 Å². The first-order valence-corrected chi connectivity index (χ1v) is 7.03. The Balaban J connectivity index is 1.63. The standard InChI is InChI=1S/C15H18N4O2/c20-15(19-10-13-9-16-6-7-21-13)12-3-1-2-11(8-12)14-17-4-5-18-14/h1-5,8,13,16H,6-7,9-10H2,(H,17,18)(H,19,20)/t13-/m0/s1. The molecule has 1 fully saturated rings. The molecule has 0 unspecified atom stereocenters. The Bertz CT molecular complexity index is 591. The van der Waals surface area contributed by atoms with Gasteiger partial charge in [0.25, 0.3) is 5.91 Å². The molecule has 2 aromatic rings. The lowest BCUT2D eigenvalue weighted by Crippen LogP contribution is -2.45. The molecular weight excluding hydrogens is 268 g/mol. The number of aromatic nitrogens is 2. The van der Waals surface area contributed by atoms with Gasteiger partial charge in [0.05, 0.1) is 12.7 Å². The molecule has 21 heavy (non-hydrogen) atoms. The zero-order valence-corrected chi connectivity index (χ0v) is 11.6. The average Bonchev–Trinajstić information content (AvgIpc) is 3.08. The lowest BCUT2D eigenvalue weighted by molar-refractivity contribution is 0.0287. The molecule has 1 aliphatic rings. The van der Waals surface area contributed by atoms with Gasteiger partial charge in [-0.2, -0.15) is 0 Å². The van der Waals surface area contributed by atoms with Gasteiger partial charge in [-0.05, 0) is 12.1 Å². The molecule has 0 saturated carbocycles. The Hall–Kier alpha value is -2.18. The highest BCUT2D eigenvalue weighted by Gasteiger charge is 2.15. The lowest BCUT2D eigenvalue weighted by Gasteiger charge is -2.23. The predicted molar refractivity (Wildman–Crippen MR) is 79.0 cm³/mol. The van der Waals surface area contributed by atoms with Gasteiger partial charge in [0.2, 0.25) is 0 Å². The van der Waals surface area contributed by atoms with Gasteiger partial charge in [0.15, 0.2) is 0 Å². The molecule has 1 aromatic heterocycles. The molecular formula is C15H18N4O2. The average molecular weight is 286 g/mol. The van der Waals surface area contributed by atoms with Crippen LogP contribution in [0.5, 0.6) is 0 Å². The van der Waals surface area contributed by atoms with Crippen LogP contribution in [0.2, 0.25) is 0 Å². The SMILES string of the molecule is O=C(NC[C@@H]1CNCCO1)c1cccc(-c2ncc[nH]2)c1. The van der Waals surface area contributed by atoms with Gasteiger partial charge in [-0.1, -0.05) is 12.1 Å². The number of amides is 1. The summed E-state index contributed by atoms with van der Waals surface area (Å²) in [6, 6.07) is 7.39. The highest BCUT2D eigenvalue weighted by molar-refractivity contribution is 5.95. The van der Waals surface area contributed by atoms with Crippen molar-refractivity contribution in [1.82, 2.24) is 20.6 Å². The van der Waals surface area contributed by atoms with Crippen LogP contribution in [0.15, 0.2) is 36.7 Å². The first-order valence-electron chi connectivity index (χ1n) is 7.03. The number of imidazole rings is 1. The van der Waals surface area contributed by atoms with Gasteiger partial charge >= 0.3 is 0 Å². The summed E-state index contributed by atoms with van der Waals surface area (Å²) in [4.78, 5) is 19.4. The fourth-order valence-electron chi connectivity index (χ4n) is 2.29. The maximum absolute atomic E-state index is 12.2. The summed E-state index contributed by atoms with van der Waals surface area (Å²) in [5.41, 5.74) is 1.51. The third-order valence-corrected chi connectivity index (χ3v) is 3.39. The van der Waals surface area contributed by atoms with E-state index in [1.165, 1.54) is 0 Å². The minimum absolute atomic E-state index is 0.0379. The van der Waals surface area contributed by atoms with Crippen molar-refractivity contribution in [1.29, 1.82) is 0 Å². The molecule has 3 rings (SSSR count). The molecule has 1 aromatic carbocycles. The smallest absolute Gasteiger partial charge is 0.251 e. The third-order valence-electron chi connectivity index (χ3n) is 3.39. The molecule has 6 heteroatoms. The molecule has 0 spiro atoms. The Morgan fingerprint density at radius 2 is 2.43 bits per heavy atom. The van der Waals surface area contributed by atoms with E-state index in [9.17, 15) is 4.79 Å². The molecule has 3 N–H and O–H groups in total. The molecule has 1 atom stereocenters. The van der Waals surface area contributed by atoms with E-state index in [1.54, 1.807) is 18.5 Å².